The average molecular weight is 330 g/mol. The molecule has 0 saturated carbocycles. The average Bonchev–Trinajstić information content (AvgIpc) is 2.58. The van der Waals surface area contributed by atoms with Crippen molar-refractivity contribution < 1.29 is 21.1 Å². The van der Waals surface area contributed by atoms with Gasteiger partial charge in [0.15, 0.2) is 0 Å². The molecule has 2 heteroatoms. The van der Waals surface area contributed by atoms with Crippen LogP contribution in [0.2, 0.25) is 0 Å². The zero-order valence-corrected chi connectivity index (χ0v) is 9.80. The van der Waals surface area contributed by atoms with Crippen LogP contribution in [0.4, 0.5) is 0 Å². The van der Waals surface area contributed by atoms with Crippen LogP contribution in [0.1, 0.15) is 18.0 Å². The summed E-state index contributed by atoms with van der Waals surface area (Å²) in [7, 11) is 0. The molecular weight excluding hydrogens is 318 g/mol. The Balaban J connectivity index is 0.000000720. The summed E-state index contributed by atoms with van der Waals surface area (Å²) in [5.74, 6) is 0. The van der Waals surface area contributed by atoms with Gasteiger partial charge in [0.2, 0.25) is 0 Å². The van der Waals surface area contributed by atoms with Gasteiger partial charge in [-0.3, -0.25) is 0 Å². The second kappa shape index (κ2) is 4.79. The van der Waals surface area contributed by atoms with Gasteiger partial charge in [0.05, 0.1) is 0 Å². The Bertz CT molecular complexity index is 217. The molecule has 0 bridgehead atoms. The van der Waals surface area contributed by atoms with Crippen LogP contribution in [0.5, 0.6) is 0 Å². The van der Waals surface area contributed by atoms with Crippen molar-refractivity contribution in [2.24, 2.45) is 0 Å². The molecule has 1 nitrogen and oxygen atoms in total. The van der Waals surface area contributed by atoms with E-state index in [4.69, 9.17) is 0 Å². The molecule has 1 fully saturated rings. The van der Waals surface area contributed by atoms with Crippen molar-refractivity contribution in [2.45, 2.75) is 12.5 Å². The molecule has 1 aliphatic rings. The van der Waals surface area contributed by atoms with Gasteiger partial charge in [-0.25, -0.2) is 0 Å². The summed E-state index contributed by atoms with van der Waals surface area (Å²) in [5, 5.41) is 3.42. The summed E-state index contributed by atoms with van der Waals surface area (Å²) in [6, 6.07) is 11.1. The van der Waals surface area contributed by atoms with Gasteiger partial charge >= 0.3 is 0 Å². The molecule has 1 aliphatic heterocycles. The molecule has 1 aromatic carbocycles. The summed E-state index contributed by atoms with van der Waals surface area (Å²) < 4.78 is 0. The van der Waals surface area contributed by atoms with Gasteiger partial charge in [-0.15, -0.1) is 0 Å². The number of rotatable bonds is 1. The zero-order valence-electron chi connectivity index (χ0n) is 6.86. The third kappa shape index (κ3) is 2.18. The fraction of sp³-hybridized carbons (Fsp3) is 0.300. The van der Waals surface area contributed by atoms with Crippen LogP contribution in [-0.4, -0.2) is 6.54 Å². The summed E-state index contributed by atoms with van der Waals surface area (Å²) in [4.78, 5) is 0. The zero-order chi connectivity index (χ0) is 7.52. The van der Waals surface area contributed by atoms with E-state index in [1.165, 1.54) is 12.0 Å². The Labute approximate surface area is 87.8 Å². The Morgan fingerprint density at radius 2 is 2.00 bits per heavy atom. The molecule has 12 heavy (non-hydrogen) atoms. The summed E-state index contributed by atoms with van der Waals surface area (Å²) in [5.41, 5.74) is 1.38. The molecule has 64 valence electrons. The minimum Gasteiger partial charge on any atom is -0.342 e. The monoisotopic (exact) mass is 330 g/mol. The van der Waals surface area contributed by atoms with E-state index in [0.717, 1.165) is 6.54 Å². The van der Waals surface area contributed by atoms with Crippen molar-refractivity contribution in [3.8, 4) is 0 Å². The van der Waals surface area contributed by atoms with Gasteiger partial charge in [0.1, 0.15) is 0 Å². The van der Waals surface area contributed by atoms with Crippen molar-refractivity contribution in [3.63, 3.8) is 0 Å². The number of benzene rings is 1. The molecule has 1 unspecified atom stereocenters. The van der Waals surface area contributed by atoms with Crippen molar-refractivity contribution in [1.29, 1.82) is 0 Å². The van der Waals surface area contributed by atoms with Crippen molar-refractivity contribution in [1.82, 2.24) is 5.32 Å². The van der Waals surface area contributed by atoms with Gasteiger partial charge in [0.25, 0.3) is 0 Å². The van der Waals surface area contributed by atoms with Gasteiger partial charge in [-0.05, 0) is 6.54 Å². The third-order valence-electron chi connectivity index (χ3n) is 2.07. The number of hydrogen-bond donors (Lipinski definition) is 1. The first kappa shape index (κ1) is 9.95. The number of hydrogen-bond acceptors (Lipinski definition) is 1. The Morgan fingerprint density at radius 1 is 1.25 bits per heavy atom. The van der Waals surface area contributed by atoms with Crippen molar-refractivity contribution >= 4 is 0 Å². The smallest absolute Gasteiger partial charge is 0 e. The third-order valence-corrected chi connectivity index (χ3v) is 2.07. The molecular formula is C10H12NW-. The Morgan fingerprint density at radius 3 is 2.58 bits per heavy atom. The summed E-state index contributed by atoms with van der Waals surface area (Å²) in [6.07, 6.45) is 3.52. The molecule has 0 aliphatic carbocycles. The van der Waals surface area contributed by atoms with Crippen molar-refractivity contribution in [3.05, 3.63) is 42.3 Å². The van der Waals surface area contributed by atoms with Gasteiger partial charge < -0.3 is 11.7 Å². The largest absolute Gasteiger partial charge is 0.342 e. The van der Waals surface area contributed by atoms with E-state index in [1.807, 2.05) is 0 Å². The van der Waals surface area contributed by atoms with E-state index in [0.29, 0.717) is 6.04 Å². The van der Waals surface area contributed by atoms with Crippen LogP contribution in [0.3, 0.4) is 0 Å². The summed E-state index contributed by atoms with van der Waals surface area (Å²) >= 11 is 0. The molecule has 0 radical (unpaired) electrons. The Kier molecular flexibility index (Phi) is 3.97. The van der Waals surface area contributed by atoms with E-state index in [-0.39, 0.29) is 21.1 Å². The van der Waals surface area contributed by atoms with Crippen LogP contribution in [0, 0.1) is 6.42 Å². The topological polar surface area (TPSA) is 12.0 Å². The fourth-order valence-electron chi connectivity index (χ4n) is 1.49. The van der Waals surface area contributed by atoms with E-state index in [9.17, 15) is 0 Å². The molecule has 1 aromatic rings. The SMILES string of the molecule is [W].c1ccc(C2[CH-]CCN2)cc1. The summed E-state index contributed by atoms with van der Waals surface area (Å²) in [6.45, 7) is 1.12. The molecule has 2 rings (SSSR count). The maximum Gasteiger partial charge on any atom is 0 e. The molecule has 0 aromatic heterocycles. The molecule has 0 amide bonds. The van der Waals surface area contributed by atoms with Gasteiger partial charge in [-0.1, -0.05) is 41.9 Å². The predicted molar refractivity (Wildman–Crippen MR) is 46.1 cm³/mol. The van der Waals surface area contributed by atoms with Gasteiger partial charge in [-0.2, -0.15) is 6.42 Å². The van der Waals surface area contributed by atoms with Crippen LogP contribution in [-0.2, 0) is 21.1 Å². The van der Waals surface area contributed by atoms with E-state index in [2.05, 4.69) is 42.1 Å². The molecule has 1 N–H and O–H groups in total. The first-order valence-corrected chi connectivity index (χ1v) is 4.08. The normalized spacial score (nSPS) is 21.8. The molecule has 1 heterocycles. The fourth-order valence-corrected chi connectivity index (χ4v) is 1.49. The molecule has 0 spiro atoms. The quantitative estimate of drug-likeness (QED) is 0.776. The Hall–Kier alpha value is -0.132. The second-order valence-electron chi connectivity index (χ2n) is 2.87. The first-order chi connectivity index (χ1) is 5.47. The first-order valence-electron chi connectivity index (χ1n) is 4.08. The van der Waals surface area contributed by atoms with E-state index >= 15 is 0 Å². The number of nitrogens with one attached hydrogen (secondary N) is 1. The minimum atomic E-state index is 0. The van der Waals surface area contributed by atoms with E-state index < -0.39 is 0 Å². The van der Waals surface area contributed by atoms with Crippen LogP contribution in [0.15, 0.2) is 30.3 Å². The van der Waals surface area contributed by atoms with Gasteiger partial charge in [0, 0.05) is 21.1 Å². The predicted octanol–water partition coefficient (Wildman–Crippen LogP) is 1.92. The van der Waals surface area contributed by atoms with Crippen LogP contribution in [0.25, 0.3) is 0 Å². The van der Waals surface area contributed by atoms with Crippen LogP contribution < -0.4 is 5.32 Å². The van der Waals surface area contributed by atoms with E-state index in [1.54, 1.807) is 0 Å². The standard InChI is InChI=1S/C10H12N.W/c1-2-5-9(6-3-1)10-7-4-8-11-10;/h1-3,5-7,10-11H,4,8H2;/q-1;. The maximum absolute atomic E-state index is 3.42. The second-order valence-corrected chi connectivity index (χ2v) is 2.87. The molecule has 1 atom stereocenters. The molecule has 1 saturated heterocycles. The van der Waals surface area contributed by atoms with Crippen molar-refractivity contribution in [2.75, 3.05) is 6.54 Å². The minimum absolute atomic E-state index is 0. The van der Waals surface area contributed by atoms with Crippen LogP contribution >= 0.6 is 0 Å². The maximum atomic E-state index is 3.42.